The van der Waals surface area contributed by atoms with Crippen LogP contribution in [0.5, 0.6) is 5.75 Å². The number of amides is 1. The topological polar surface area (TPSA) is 50.4 Å². The van der Waals surface area contributed by atoms with E-state index in [-0.39, 0.29) is 23.4 Å². The molecule has 0 aliphatic carbocycles. The zero-order valence-electron chi connectivity index (χ0n) is 10.8. The van der Waals surface area contributed by atoms with Gasteiger partial charge in [0.25, 0.3) is 0 Å². The number of hydrogen-bond donors (Lipinski definition) is 2. The first-order chi connectivity index (χ1) is 9.47. The van der Waals surface area contributed by atoms with E-state index in [0.717, 1.165) is 18.7 Å². The number of benzene rings is 1. The number of hydrogen-bond acceptors (Lipinski definition) is 3. The Morgan fingerprint density at radius 1 is 1.45 bits per heavy atom. The summed E-state index contributed by atoms with van der Waals surface area (Å²) in [4.78, 5) is 12.0. The molecular formula is C13H15F3N2O2. The molecule has 2 N–H and O–H groups in total. The summed E-state index contributed by atoms with van der Waals surface area (Å²) in [5, 5.41) is 5.67. The van der Waals surface area contributed by atoms with E-state index < -0.39 is 18.2 Å². The minimum atomic E-state index is -3.09. The van der Waals surface area contributed by atoms with Gasteiger partial charge in [0, 0.05) is 18.3 Å². The quantitative estimate of drug-likeness (QED) is 0.893. The third kappa shape index (κ3) is 3.41. The Morgan fingerprint density at radius 2 is 2.20 bits per heavy atom. The molecule has 1 aliphatic heterocycles. The summed E-state index contributed by atoms with van der Waals surface area (Å²) >= 11 is 0. The number of carbonyl (C=O) groups is 1. The molecule has 2 rings (SSSR count). The molecule has 0 aromatic heterocycles. The van der Waals surface area contributed by atoms with E-state index in [9.17, 15) is 18.0 Å². The predicted molar refractivity (Wildman–Crippen MR) is 67.2 cm³/mol. The zero-order chi connectivity index (χ0) is 14.7. The Labute approximate surface area is 114 Å². The van der Waals surface area contributed by atoms with Crippen molar-refractivity contribution in [3.05, 3.63) is 24.0 Å². The molecule has 0 unspecified atom stereocenters. The Bertz CT molecular complexity index is 497. The van der Waals surface area contributed by atoms with Crippen molar-refractivity contribution in [2.45, 2.75) is 13.5 Å². The van der Waals surface area contributed by atoms with Crippen molar-refractivity contribution < 1.29 is 22.7 Å². The summed E-state index contributed by atoms with van der Waals surface area (Å²) < 4.78 is 41.5. The fourth-order valence-electron chi connectivity index (χ4n) is 2.17. The van der Waals surface area contributed by atoms with Gasteiger partial charge in [0.15, 0.2) is 11.6 Å². The molecule has 2 atom stereocenters. The highest BCUT2D eigenvalue weighted by Crippen LogP contribution is 2.24. The van der Waals surface area contributed by atoms with E-state index >= 15 is 0 Å². The molecule has 1 amide bonds. The second kappa shape index (κ2) is 6.13. The maximum atomic E-state index is 13.5. The standard InChI is InChI=1S/C13H15F3N2O2/c1-7-5-17-6-9(7)12(19)18-8-2-3-11(10(14)4-8)20-13(15)16/h2-4,7,9,13,17H,5-6H2,1H3,(H,18,19)/t7-,9-/m1/s1. The van der Waals surface area contributed by atoms with Gasteiger partial charge in [-0.05, 0) is 24.6 Å². The van der Waals surface area contributed by atoms with Crippen molar-refractivity contribution in [2.24, 2.45) is 11.8 Å². The Hall–Kier alpha value is -1.76. The zero-order valence-corrected chi connectivity index (χ0v) is 10.8. The summed E-state index contributed by atoms with van der Waals surface area (Å²) in [5.74, 6) is -1.70. The Morgan fingerprint density at radius 3 is 2.75 bits per heavy atom. The van der Waals surface area contributed by atoms with E-state index in [4.69, 9.17) is 0 Å². The first-order valence-electron chi connectivity index (χ1n) is 6.23. The molecule has 1 aliphatic rings. The van der Waals surface area contributed by atoms with Crippen LogP contribution < -0.4 is 15.4 Å². The van der Waals surface area contributed by atoms with Crippen molar-refractivity contribution in [1.29, 1.82) is 0 Å². The van der Waals surface area contributed by atoms with Crippen molar-refractivity contribution in [2.75, 3.05) is 18.4 Å². The average molecular weight is 288 g/mol. The first kappa shape index (κ1) is 14.6. The van der Waals surface area contributed by atoms with Gasteiger partial charge in [-0.25, -0.2) is 4.39 Å². The van der Waals surface area contributed by atoms with Crippen LogP contribution >= 0.6 is 0 Å². The second-order valence-corrected chi connectivity index (χ2v) is 4.75. The summed E-state index contributed by atoms with van der Waals surface area (Å²) in [6.07, 6.45) is 0. The number of carbonyl (C=O) groups excluding carboxylic acids is 1. The second-order valence-electron chi connectivity index (χ2n) is 4.75. The van der Waals surface area contributed by atoms with Crippen LogP contribution in [0, 0.1) is 17.7 Å². The Kier molecular flexibility index (Phi) is 4.49. The van der Waals surface area contributed by atoms with Gasteiger partial charge in [-0.15, -0.1) is 0 Å². The van der Waals surface area contributed by atoms with E-state index in [2.05, 4.69) is 15.4 Å². The summed E-state index contributed by atoms with van der Waals surface area (Å²) in [7, 11) is 0. The largest absolute Gasteiger partial charge is 0.432 e. The molecule has 0 bridgehead atoms. The summed E-state index contributed by atoms with van der Waals surface area (Å²) in [6.45, 7) is 0.190. The van der Waals surface area contributed by atoms with Crippen LogP contribution in [-0.2, 0) is 4.79 Å². The van der Waals surface area contributed by atoms with Crippen LogP contribution in [0.15, 0.2) is 18.2 Å². The summed E-state index contributed by atoms with van der Waals surface area (Å²) in [6, 6.07) is 3.35. The molecule has 1 saturated heterocycles. The monoisotopic (exact) mass is 288 g/mol. The van der Waals surface area contributed by atoms with Gasteiger partial charge >= 0.3 is 6.61 Å². The lowest BCUT2D eigenvalue weighted by molar-refractivity contribution is -0.120. The molecule has 1 fully saturated rings. The number of nitrogens with one attached hydrogen (secondary N) is 2. The van der Waals surface area contributed by atoms with Gasteiger partial charge in [0.1, 0.15) is 0 Å². The molecule has 7 heteroatoms. The van der Waals surface area contributed by atoms with Gasteiger partial charge in [0.05, 0.1) is 5.92 Å². The van der Waals surface area contributed by atoms with E-state index in [1.54, 1.807) is 0 Å². The number of anilines is 1. The Balaban J connectivity index is 2.03. The van der Waals surface area contributed by atoms with Crippen LogP contribution in [0.25, 0.3) is 0 Å². The van der Waals surface area contributed by atoms with Crippen molar-refractivity contribution in [3.63, 3.8) is 0 Å². The van der Waals surface area contributed by atoms with Crippen LogP contribution in [0.2, 0.25) is 0 Å². The molecule has 1 aromatic rings. The van der Waals surface area contributed by atoms with Crippen molar-refractivity contribution in [1.82, 2.24) is 5.32 Å². The normalized spacial score (nSPS) is 22.1. The number of halogens is 3. The number of alkyl halides is 2. The molecule has 110 valence electrons. The fraction of sp³-hybridized carbons (Fsp3) is 0.462. The molecule has 0 saturated carbocycles. The van der Waals surface area contributed by atoms with Gasteiger partial charge < -0.3 is 15.4 Å². The molecule has 0 radical (unpaired) electrons. The van der Waals surface area contributed by atoms with E-state index in [1.807, 2.05) is 6.92 Å². The maximum Gasteiger partial charge on any atom is 0.387 e. The lowest BCUT2D eigenvalue weighted by Crippen LogP contribution is -2.27. The smallest absolute Gasteiger partial charge is 0.387 e. The molecule has 1 aromatic carbocycles. The average Bonchev–Trinajstić information content (AvgIpc) is 2.78. The van der Waals surface area contributed by atoms with Crippen molar-refractivity contribution in [3.8, 4) is 5.75 Å². The predicted octanol–water partition coefficient (Wildman–Crippen LogP) is 2.22. The lowest BCUT2D eigenvalue weighted by Gasteiger charge is -2.14. The van der Waals surface area contributed by atoms with Gasteiger partial charge in [-0.2, -0.15) is 8.78 Å². The highest BCUT2D eigenvalue weighted by molar-refractivity contribution is 5.93. The van der Waals surface area contributed by atoms with Gasteiger partial charge in [0.2, 0.25) is 5.91 Å². The summed E-state index contributed by atoms with van der Waals surface area (Å²) in [5.41, 5.74) is 0.216. The lowest BCUT2D eigenvalue weighted by atomic mass is 9.97. The minimum Gasteiger partial charge on any atom is -0.432 e. The third-order valence-corrected chi connectivity index (χ3v) is 3.27. The SMILES string of the molecule is C[C@@H]1CNC[C@H]1C(=O)Nc1ccc(OC(F)F)c(F)c1. The van der Waals surface area contributed by atoms with Gasteiger partial charge in [-0.1, -0.05) is 6.92 Å². The van der Waals surface area contributed by atoms with Crippen molar-refractivity contribution >= 4 is 11.6 Å². The van der Waals surface area contributed by atoms with Crippen LogP contribution in [0.3, 0.4) is 0 Å². The molecule has 4 nitrogen and oxygen atoms in total. The van der Waals surface area contributed by atoms with E-state index in [1.165, 1.54) is 6.07 Å². The van der Waals surface area contributed by atoms with Crippen LogP contribution in [-0.4, -0.2) is 25.6 Å². The molecule has 1 heterocycles. The maximum absolute atomic E-state index is 13.5. The minimum absolute atomic E-state index is 0.185. The van der Waals surface area contributed by atoms with Gasteiger partial charge in [-0.3, -0.25) is 4.79 Å². The number of rotatable bonds is 4. The first-order valence-corrected chi connectivity index (χ1v) is 6.23. The highest BCUT2D eigenvalue weighted by Gasteiger charge is 2.29. The molecular weight excluding hydrogens is 273 g/mol. The fourth-order valence-corrected chi connectivity index (χ4v) is 2.17. The van der Waals surface area contributed by atoms with Crippen LogP contribution in [0.1, 0.15) is 6.92 Å². The van der Waals surface area contributed by atoms with E-state index in [0.29, 0.717) is 6.54 Å². The molecule has 20 heavy (non-hydrogen) atoms. The highest BCUT2D eigenvalue weighted by atomic mass is 19.3. The third-order valence-electron chi connectivity index (χ3n) is 3.27. The number of ether oxygens (including phenoxy) is 1. The molecule has 0 spiro atoms. The van der Waals surface area contributed by atoms with Crippen LogP contribution in [0.4, 0.5) is 18.9 Å².